The van der Waals surface area contributed by atoms with E-state index in [0.717, 1.165) is 17.8 Å². The molecule has 1 aliphatic rings. The van der Waals surface area contributed by atoms with E-state index in [1.54, 1.807) is 0 Å². The van der Waals surface area contributed by atoms with Crippen molar-refractivity contribution >= 4 is 0 Å². The van der Waals surface area contributed by atoms with E-state index < -0.39 is 0 Å². The first-order valence-corrected chi connectivity index (χ1v) is 8.80. The third kappa shape index (κ3) is 10.4. The van der Waals surface area contributed by atoms with Gasteiger partial charge in [-0.05, 0) is 43.7 Å². The fraction of sp³-hybridized carbons (Fsp3) is 1.00. The Kier molecular flexibility index (Phi) is 11.7. The van der Waals surface area contributed by atoms with Gasteiger partial charge in [-0.15, -0.1) is 0 Å². The maximum atomic E-state index is 2.66. The predicted octanol–water partition coefficient (Wildman–Crippen LogP) is 5.60. The van der Waals surface area contributed by atoms with Crippen LogP contribution in [0.2, 0.25) is 0 Å². The Bertz CT molecular complexity index is 175. The van der Waals surface area contributed by atoms with Gasteiger partial charge in [-0.1, -0.05) is 67.2 Å². The van der Waals surface area contributed by atoms with E-state index in [2.05, 4.69) is 32.6 Å². The topological polar surface area (TPSA) is 3.24 Å². The van der Waals surface area contributed by atoms with Crippen LogP contribution in [-0.2, 0) is 0 Å². The third-order valence-electron chi connectivity index (χ3n) is 3.97. The lowest BCUT2D eigenvalue weighted by Crippen LogP contribution is -2.36. The van der Waals surface area contributed by atoms with E-state index in [4.69, 9.17) is 0 Å². The summed E-state index contributed by atoms with van der Waals surface area (Å²) in [7, 11) is 0. The molecule has 0 aromatic rings. The Morgan fingerprint density at radius 2 is 1.47 bits per heavy atom. The Balaban J connectivity index is 0.00000154. The van der Waals surface area contributed by atoms with Crippen LogP contribution in [-0.4, -0.2) is 24.5 Å². The Labute approximate surface area is 123 Å². The zero-order valence-corrected chi connectivity index (χ0v) is 14.5. The number of likely N-dealkylation sites (tertiary alicyclic amines) is 1. The van der Waals surface area contributed by atoms with Gasteiger partial charge in [0.25, 0.3) is 0 Å². The van der Waals surface area contributed by atoms with Crippen LogP contribution in [0.15, 0.2) is 0 Å². The van der Waals surface area contributed by atoms with Crippen molar-refractivity contribution in [2.75, 3.05) is 19.6 Å². The molecule has 0 aromatic heterocycles. The highest BCUT2D eigenvalue weighted by molar-refractivity contribution is 4.73. The summed E-state index contributed by atoms with van der Waals surface area (Å²) in [4.78, 5) is 2.66. The molecule has 0 amide bonds. The highest BCUT2D eigenvalue weighted by Crippen LogP contribution is 2.23. The van der Waals surface area contributed by atoms with Crippen LogP contribution in [0.25, 0.3) is 0 Å². The molecule has 0 saturated carbocycles. The summed E-state index contributed by atoms with van der Waals surface area (Å²) in [5, 5.41) is 0. The van der Waals surface area contributed by atoms with Crippen LogP contribution in [0.3, 0.4) is 0 Å². The molecule has 0 N–H and O–H groups in total. The average molecular weight is 270 g/mol. The van der Waals surface area contributed by atoms with Gasteiger partial charge in [0.15, 0.2) is 0 Å². The summed E-state index contributed by atoms with van der Waals surface area (Å²) in [5.74, 6) is 2.76. The minimum absolute atomic E-state index is 0.831. The molecule has 1 nitrogen and oxygen atoms in total. The Morgan fingerprint density at radius 1 is 0.895 bits per heavy atom. The van der Waals surface area contributed by atoms with Gasteiger partial charge in [-0.2, -0.15) is 0 Å². The van der Waals surface area contributed by atoms with E-state index in [1.165, 1.54) is 58.2 Å². The monoisotopic (exact) mass is 269 g/mol. The number of piperidine rings is 1. The highest BCUT2D eigenvalue weighted by Gasteiger charge is 2.18. The van der Waals surface area contributed by atoms with Gasteiger partial charge in [-0.25, -0.2) is 0 Å². The van der Waals surface area contributed by atoms with Crippen LogP contribution in [0.5, 0.6) is 0 Å². The zero-order valence-electron chi connectivity index (χ0n) is 14.5. The van der Waals surface area contributed by atoms with Gasteiger partial charge in [0.1, 0.15) is 0 Å². The molecule has 1 aliphatic heterocycles. The number of hydrogen-bond donors (Lipinski definition) is 0. The van der Waals surface area contributed by atoms with Crippen molar-refractivity contribution in [3.8, 4) is 0 Å². The lowest BCUT2D eigenvalue weighted by molar-refractivity contribution is 0.161. The summed E-state index contributed by atoms with van der Waals surface area (Å²) < 4.78 is 0. The zero-order chi connectivity index (χ0) is 14.7. The van der Waals surface area contributed by atoms with Gasteiger partial charge in [0.2, 0.25) is 0 Å². The normalized spacial score (nSPS) is 17.7. The van der Waals surface area contributed by atoms with Crippen molar-refractivity contribution in [1.29, 1.82) is 0 Å². The minimum Gasteiger partial charge on any atom is -0.303 e. The third-order valence-corrected chi connectivity index (χ3v) is 3.97. The molecule has 19 heavy (non-hydrogen) atoms. The standard InChI is InChI=1S/C16H33N.C2H6/c1-14(2)7-5-6-8-16-9-11-17(12-10-16)13-15(3)4;1-2/h14-16H,5-13H2,1-4H3;1-2H3. The van der Waals surface area contributed by atoms with Crippen LogP contribution < -0.4 is 0 Å². The molecule has 0 radical (unpaired) electrons. The van der Waals surface area contributed by atoms with E-state index >= 15 is 0 Å². The van der Waals surface area contributed by atoms with Crippen LogP contribution in [0.1, 0.15) is 80.1 Å². The highest BCUT2D eigenvalue weighted by atomic mass is 15.1. The van der Waals surface area contributed by atoms with Crippen LogP contribution in [0, 0.1) is 17.8 Å². The summed E-state index contributed by atoms with van der Waals surface area (Å²) in [5.41, 5.74) is 0. The molecule has 0 aromatic carbocycles. The molecule has 1 heterocycles. The van der Waals surface area contributed by atoms with E-state index in [0.29, 0.717) is 0 Å². The van der Waals surface area contributed by atoms with E-state index in [-0.39, 0.29) is 0 Å². The van der Waals surface area contributed by atoms with Gasteiger partial charge < -0.3 is 4.90 Å². The number of unbranched alkanes of at least 4 members (excludes halogenated alkanes) is 1. The van der Waals surface area contributed by atoms with E-state index in [9.17, 15) is 0 Å². The van der Waals surface area contributed by atoms with Crippen LogP contribution in [0.4, 0.5) is 0 Å². The van der Waals surface area contributed by atoms with Crippen molar-refractivity contribution in [2.45, 2.75) is 80.1 Å². The molecular weight excluding hydrogens is 230 g/mol. The first-order valence-electron chi connectivity index (χ1n) is 8.80. The summed E-state index contributed by atoms with van der Waals surface area (Å²) in [6, 6.07) is 0. The summed E-state index contributed by atoms with van der Waals surface area (Å²) in [6.07, 6.45) is 8.73. The largest absolute Gasteiger partial charge is 0.303 e. The smallest absolute Gasteiger partial charge is 0.000439 e. The fourth-order valence-corrected chi connectivity index (χ4v) is 2.96. The molecule has 0 spiro atoms. The van der Waals surface area contributed by atoms with Crippen molar-refractivity contribution < 1.29 is 0 Å². The summed E-state index contributed by atoms with van der Waals surface area (Å²) in [6.45, 7) is 17.4. The van der Waals surface area contributed by atoms with Gasteiger partial charge in [0.05, 0.1) is 0 Å². The Morgan fingerprint density at radius 3 is 1.95 bits per heavy atom. The molecule has 0 aliphatic carbocycles. The molecule has 0 bridgehead atoms. The second-order valence-corrected chi connectivity index (χ2v) is 6.82. The van der Waals surface area contributed by atoms with Crippen molar-refractivity contribution in [3.63, 3.8) is 0 Å². The molecule has 0 atom stereocenters. The second kappa shape index (κ2) is 11.8. The SMILES string of the molecule is CC.CC(C)CCCCC1CCN(CC(C)C)CC1. The average Bonchev–Trinajstić information content (AvgIpc) is 2.38. The molecule has 116 valence electrons. The summed E-state index contributed by atoms with van der Waals surface area (Å²) >= 11 is 0. The van der Waals surface area contributed by atoms with Gasteiger partial charge in [-0.3, -0.25) is 0 Å². The molecular formula is C18H39N. The van der Waals surface area contributed by atoms with E-state index in [1.807, 2.05) is 13.8 Å². The molecule has 1 saturated heterocycles. The quantitative estimate of drug-likeness (QED) is 0.544. The fourth-order valence-electron chi connectivity index (χ4n) is 2.96. The van der Waals surface area contributed by atoms with Gasteiger partial charge in [0, 0.05) is 6.54 Å². The first-order chi connectivity index (χ1) is 9.08. The maximum absolute atomic E-state index is 2.66. The van der Waals surface area contributed by atoms with Crippen molar-refractivity contribution in [3.05, 3.63) is 0 Å². The van der Waals surface area contributed by atoms with Crippen molar-refractivity contribution in [2.24, 2.45) is 17.8 Å². The molecule has 0 unspecified atom stereocenters. The first kappa shape index (κ1) is 19.0. The number of rotatable bonds is 7. The minimum atomic E-state index is 0.831. The molecule has 1 heteroatoms. The Hall–Kier alpha value is -0.0400. The molecule has 1 rings (SSSR count). The molecule has 1 fully saturated rings. The maximum Gasteiger partial charge on any atom is 0.000439 e. The second-order valence-electron chi connectivity index (χ2n) is 6.82. The lowest BCUT2D eigenvalue weighted by Gasteiger charge is -2.33. The van der Waals surface area contributed by atoms with Crippen LogP contribution >= 0.6 is 0 Å². The van der Waals surface area contributed by atoms with Crippen molar-refractivity contribution in [1.82, 2.24) is 4.90 Å². The number of nitrogens with zero attached hydrogens (tertiary/aromatic N) is 1. The van der Waals surface area contributed by atoms with Gasteiger partial charge >= 0.3 is 0 Å². The predicted molar refractivity (Wildman–Crippen MR) is 88.7 cm³/mol. The number of hydrogen-bond acceptors (Lipinski definition) is 1. The lowest BCUT2D eigenvalue weighted by atomic mass is 9.90.